The third-order valence-electron chi connectivity index (χ3n) is 4.84. The minimum Gasteiger partial charge on any atom is -0.329 e. The van der Waals surface area contributed by atoms with Gasteiger partial charge >= 0.3 is 0 Å². The summed E-state index contributed by atoms with van der Waals surface area (Å²) in [5.41, 5.74) is 7.87. The van der Waals surface area contributed by atoms with Crippen LogP contribution in [0.2, 0.25) is 0 Å². The van der Waals surface area contributed by atoms with Gasteiger partial charge in [0.2, 0.25) is 0 Å². The lowest BCUT2D eigenvalue weighted by Gasteiger charge is -2.47. The van der Waals surface area contributed by atoms with Crippen LogP contribution in [0.5, 0.6) is 0 Å². The highest BCUT2D eigenvalue weighted by molar-refractivity contribution is 7.10. The van der Waals surface area contributed by atoms with Gasteiger partial charge in [-0.2, -0.15) is 0 Å². The van der Waals surface area contributed by atoms with Crippen LogP contribution in [0.25, 0.3) is 0 Å². The second-order valence-corrected chi connectivity index (χ2v) is 7.27. The van der Waals surface area contributed by atoms with Crippen LogP contribution >= 0.6 is 11.3 Å². The summed E-state index contributed by atoms with van der Waals surface area (Å²) in [5, 5.41) is 2.24. The topological polar surface area (TPSA) is 29.3 Å². The van der Waals surface area contributed by atoms with Gasteiger partial charge in [0.1, 0.15) is 0 Å². The number of thiophene rings is 1. The maximum Gasteiger partial charge on any atom is 0.0336 e. The second kappa shape index (κ2) is 4.62. The molecular weight excluding hydrogens is 240 g/mol. The van der Waals surface area contributed by atoms with Crippen LogP contribution in [0.1, 0.15) is 49.6 Å². The van der Waals surface area contributed by atoms with Crippen molar-refractivity contribution in [1.82, 2.24) is 4.90 Å². The highest BCUT2D eigenvalue weighted by Crippen LogP contribution is 2.43. The fraction of sp³-hybridized carbons (Fsp3) is 0.733. The van der Waals surface area contributed by atoms with Crippen LogP contribution in [0.15, 0.2) is 11.4 Å². The Bertz CT molecular complexity index is 424. The zero-order valence-electron chi connectivity index (χ0n) is 11.5. The summed E-state index contributed by atoms with van der Waals surface area (Å²) >= 11 is 1.92. The van der Waals surface area contributed by atoms with E-state index in [0.29, 0.717) is 6.04 Å². The maximum absolute atomic E-state index is 6.13. The molecule has 2 nitrogen and oxygen atoms in total. The van der Waals surface area contributed by atoms with E-state index in [4.69, 9.17) is 5.73 Å². The van der Waals surface area contributed by atoms with Crippen LogP contribution in [-0.2, 0) is 6.42 Å². The molecule has 2 unspecified atom stereocenters. The van der Waals surface area contributed by atoms with E-state index in [1.807, 2.05) is 11.3 Å². The third-order valence-corrected chi connectivity index (χ3v) is 5.83. The summed E-state index contributed by atoms with van der Waals surface area (Å²) < 4.78 is 0. The van der Waals surface area contributed by atoms with E-state index in [2.05, 4.69) is 30.2 Å². The third kappa shape index (κ3) is 2.13. The summed E-state index contributed by atoms with van der Waals surface area (Å²) in [4.78, 5) is 4.25. The number of hydrogen-bond donors (Lipinski definition) is 1. The molecule has 0 amide bonds. The first-order valence-electron chi connectivity index (χ1n) is 7.17. The summed E-state index contributed by atoms with van der Waals surface area (Å²) in [6, 6.07) is 2.84. The lowest BCUT2D eigenvalue weighted by molar-refractivity contribution is 0.0501. The van der Waals surface area contributed by atoms with Crippen molar-refractivity contribution >= 4 is 11.3 Å². The first kappa shape index (κ1) is 12.6. The number of nitrogens with two attached hydrogens (primary N) is 1. The molecule has 1 aromatic heterocycles. The van der Waals surface area contributed by atoms with Crippen molar-refractivity contribution in [3.63, 3.8) is 0 Å². The number of rotatable bonds is 4. The molecule has 2 aliphatic rings. The molecule has 3 heteroatoms. The van der Waals surface area contributed by atoms with Crippen molar-refractivity contribution in [3.8, 4) is 0 Å². The van der Waals surface area contributed by atoms with Crippen molar-refractivity contribution in [2.45, 2.75) is 51.1 Å². The summed E-state index contributed by atoms with van der Waals surface area (Å²) in [6.07, 6.45) is 5.33. The van der Waals surface area contributed by atoms with Gasteiger partial charge in [-0.25, -0.2) is 0 Å². The molecule has 2 N–H and O–H groups in total. The fourth-order valence-corrected chi connectivity index (χ4v) is 4.47. The smallest absolute Gasteiger partial charge is 0.0336 e. The largest absolute Gasteiger partial charge is 0.329 e. The van der Waals surface area contributed by atoms with E-state index >= 15 is 0 Å². The van der Waals surface area contributed by atoms with Crippen LogP contribution < -0.4 is 5.73 Å². The van der Waals surface area contributed by atoms with E-state index in [-0.39, 0.29) is 5.54 Å². The maximum atomic E-state index is 6.13. The molecule has 1 aromatic rings. The predicted octanol–water partition coefficient (Wildman–Crippen LogP) is 3.18. The van der Waals surface area contributed by atoms with Crippen molar-refractivity contribution in [2.75, 3.05) is 13.1 Å². The van der Waals surface area contributed by atoms with Gasteiger partial charge in [-0.15, -0.1) is 11.3 Å². The van der Waals surface area contributed by atoms with Gasteiger partial charge in [0, 0.05) is 29.5 Å². The van der Waals surface area contributed by atoms with Gasteiger partial charge in [0.25, 0.3) is 0 Å². The molecule has 1 aliphatic heterocycles. The SMILES string of the molecule is CC1c2ccsc2CCN1C(C)(CN)CC1CC1. The zero-order valence-corrected chi connectivity index (χ0v) is 12.3. The molecule has 1 aliphatic carbocycles. The van der Waals surface area contributed by atoms with E-state index in [0.717, 1.165) is 12.5 Å². The predicted molar refractivity (Wildman–Crippen MR) is 77.9 cm³/mol. The normalized spacial score (nSPS) is 27.8. The van der Waals surface area contributed by atoms with Crippen molar-refractivity contribution in [3.05, 3.63) is 21.9 Å². The minimum absolute atomic E-state index is 0.195. The molecule has 100 valence electrons. The Morgan fingerprint density at radius 3 is 2.94 bits per heavy atom. The Kier molecular flexibility index (Phi) is 3.25. The molecular formula is C15H24N2S. The fourth-order valence-electron chi connectivity index (χ4n) is 3.51. The Balaban J connectivity index is 1.83. The highest BCUT2D eigenvalue weighted by Gasteiger charge is 2.40. The number of hydrogen-bond acceptors (Lipinski definition) is 3. The van der Waals surface area contributed by atoms with Gasteiger partial charge in [-0.1, -0.05) is 12.8 Å². The van der Waals surface area contributed by atoms with E-state index in [1.54, 1.807) is 10.4 Å². The number of nitrogens with zero attached hydrogens (tertiary/aromatic N) is 1. The standard InChI is InChI=1S/C15H24N2S/c1-11-13-6-8-18-14(13)5-7-17(11)15(2,10-16)9-12-3-4-12/h6,8,11-12H,3-5,7,9-10,16H2,1-2H3. The molecule has 0 aromatic carbocycles. The second-order valence-electron chi connectivity index (χ2n) is 6.27. The molecule has 0 saturated heterocycles. The zero-order chi connectivity index (χ0) is 12.8. The van der Waals surface area contributed by atoms with E-state index in [9.17, 15) is 0 Å². The van der Waals surface area contributed by atoms with Crippen molar-refractivity contribution in [1.29, 1.82) is 0 Å². The van der Waals surface area contributed by atoms with Crippen LogP contribution in [-0.4, -0.2) is 23.5 Å². The van der Waals surface area contributed by atoms with E-state index < -0.39 is 0 Å². The van der Waals surface area contributed by atoms with Crippen LogP contribution in [0.4, 0.5) is 0 Å². The van der Waals surface area contributed by atoms with Gasteiger partial charge in [-0.05, 0) is 49.6 Å². The first-order valence-corrected chi connectivity index (χ1v) is 8.05. The molecule has 18 heavy (non-hydrogen) atoms. The van der Waals surface area contributed by atoms with Crippen molar-refractivity contribution < 1.29 is 0 Å². The Morgan fingerprint density at radius 2 is 2.28 bits per heavy atom. The summed E-state index contributed by atoms with van der Waals surface area (Å²) in [5.74, 6) is 0.939. The first-order chi connectivity index (χ1) is 8.64. The van der Waals surface area contributed by atoms with Crippen LogP contribution in [0.3, 0.4) is 0 Å². The molecule has 2 atom stereocenters. The molecule has 2 heterocycles. The molecule has 0 radical (unpaired) electrons. The lowest BCUT2D eigenvalue weighted by Crippen LogP contribution is -2.54. The Hall–Kier alpha value is -0.380. The summed E-state index contributed by atoms with van der Waals surface area (Å²) in [7, 11) is 0. The number of fused-ring (bicyclic) bond motifs is 1. The van der Waals surface area contributed by atoms with Crippen LogP contribution in [0, 0.1) is 5.92 Å². The highest BCUT2D eigenvalue weighted by atomic mass is 32.1. The quantitative estimate of drug-likeness (QED) is 0.905. The molecule has 1 fully saturated rings. The van der Waals surface area contributed by atoms with E-state index in [1.165, 1.54) is 32.2 Å². The molecule has 0 bridgehead atoms. The monoisotopic (exact) mass is 264 g/mol. The molecule has 0 spiro atoms. The molecule has 1 saturated carbocycles. The van der Waals surface area contributed by atoms with Gasteiger partial charge < -0.3 is 5.73 Å². The van der Waals surface area contributed by atoms with Gasteiger partial charge in [0.15, 0.2) is 0 Å². The Labute approximate surface area is 114 Å². The lowest BCUT2D eigenvalue weighted by atomic mass is 9.87. The van der Waals surface area contributed by atoms with Gasteiger partial charge in [-0.3, -0.25) is 4.90 Å². The van der Waals surface area contributed by atoms with Gasteiger partial charge in [0.05, 0.1) is 0 Å². The minimum atomic E-state index is 0.195. The average molecular weight is 264 g/mol. The Morgan fingerprint density at radius 1 is 1.50 bits per heavy atom. The molecule has 3 rings (SSSR count). The average Bonchev–Trinajstić information content (AvgIpc) is 3.03. The van der Waals surface area contributed by atoms with Crippen molar-refractivity contribution in [2.24, 2.45) is 11.7 Å². The summed E-state index contributed by atoms with van der Waals surface area (Å²) in [6.45, 7) is 6.69.